The molecule has 0 spiro atoms. The molecule has 0 aliphatic rings. The summed E-state index contributed by atoms with van der Waals surface area (Å²) in [5.74, 6) is 0.106. The molecule has 0 amide bonds. The fraction of sp³-hybridized carbons (Fsp3) is 0.182. The van der Waals surface area contributed by atoms with Gasteiger partial charge in [0.05, 0.1) is 11.1 Å². The standard InChI is InChI=1S/C22H21N5O2/c1-3-9-23-22-24-12-17-16-8-7-14(21(28)29)11-18(16)26-20(19(17)27-22)25-15-6-4-5-13(2)10-15/h4-8,10-12H,3,9H2,1-2H3,(H,25,26)(H,28,29)(H,23,24,27). The van der Waals surface area contributed by atoms with Crippen molar-refractivity contribution in [2.45, 2.75) is 20.3 Å². The van der Waals surface area contributed by atoms with Crippen molar-refractivity contribution in [3.63, 3.8) is 0 Å². The Kier molecular flexibility index (Phi) is 4.95. The molecule has 7 nitrogen and oxygen atoms in total. The zero-order valence-electron chi connectivity index (χ0n) is 16.2. The monoisotopic (exact) mass is 387 g/mol. The maximum Gasteiger partial charge on any atom is 0.335 e. The van der Waals surface area contributed by atoms with Gasteiger partial charge < -0.3 is 15.7 Å². The molecule has 0 aliphatic heterocycles. The number of fused-ring (bicyclic) bond motifs is 3. The predicted molar refractivity (Wildman–Crippen MR) is 115 cm³/mol. The minimum absolute atomic E-state index is 0.188. The van der Waals surface area contributed by atoms with Crippen molar-refractivity contribution >= 4 is 45.2 Å². The van der Waals surface area contributed by atoms with Crippen LogP contribution in [0.25, 0.3) is 21.8 Å². The Hall–Kier alpha value is -3.74. The van der Waals surface area contributed by atoms with E-state index < -0.39 is 5.97 Å². The van der Waals surface area contributed by atoms with Crippen LogP contribution in [0.2, 0.25) is 0 Å². The first-order valence-corrected chi connectivity index (χ1v) is 9.46. The molecule has 0 aliphatic carbocycles. The first-order chi connectivity index (χ1) is 14.0. The van der Waals surface area contributed by atoms with Crippen molar-refractivity contribution in [1.82, 2.24) is 15.0 Å². The van der Waals surface area contributed by atoms with E-state index in [0.29, 0.717) is 22.8 Å². The number of hydrogen-bond acceptors (Lipinski definition) is 6. The highest BCUT2D eigenvalue weighted by atomic mass is 16.4. The summed E-state index contributed by atoms with van der Waals surface area (Å²) in [5, 5.41) is 17.5. The fourth-order valence-electron chi connectivity index (χ4n) is 3.19. The average Bonchev–Trinajstić information content (AvgIpc) is 2.72. The van der Waals surface area contributed by atoms with Crippen LogP contribution in [0.1, 0.15) is 29.3 Å². The van der Waals surface area contributed by atoms with E-state index in [2.05, 4.69) is 27.5 Å². The number of nitrogens with zero attached hydrogens (tertiary/aromatic N) is 3. The van der Waals surface area contributed by atoms with E-state index in [9.17, 15) is 9.90 Å². The Balaban J connectivity index is 1.92. The van der Waals surface area contributed by atoms with Crippen molar-refractivity contribution in [3.8, 4) is 0 Å². The Morgan fingerprint density at radius 3 is 2.72 bits per heavy atom. The number of pyridine rings is 1. The van der Waals surface area contributed by atoms with Gasteiger partial charge in [0, 0.05) is 29.2 Å². The van der Waals surface area contributed by atoms with Gasteiger partial charge in [-0.15, -0.1) is 0 Å². The maximum atomic E-state index is 11.4. The number of aromatic carboxylic acids is 1. The van der Waals surface area contributed by atoms with Crippen LogP contribution in [-0.4, -0.2) is 32.6 Å². The molecule has 29 heavy (non-hydrogen) atoms. The third kappa shape index (κ3) is 3.80. The second kappa shape index (κ2) is 7.71. The van der Waals surface area contributed by atoms with Crippen LogP contribution in [-0.2, 0) is 0 Å². The van der Waals surface area contributed by atoms with E-state index in [4.69, 9.17) is 4.98 Å². The molecule has 0 bridgehead atoms. The van der Waals surface area contributed by atoms with E-state index in [-0.39, 0.29) is 5.56 Å². The van der Waals surface area contributed by atoms with E-state index in [1.807, 2.05) is 31.2 Å². The highest BCUT2D eigenvalue weighted by molar-refractivity contribution is 6.10. The number of carbonyl (C=O) groups is 1. The number of benzene rings is 2. The Morgan fingerprint density at radius 2 is 1.97 bits per heavy atom. The van der Waals surface area contributed by atoms with Crippen LogP contribution in [0.4, 0.5) is 17.5 Å². The molecule has 4 rings (SSSR count). The molecular formula is C22H21N5O2. The molecule has 2 aromatic carbocycles. The molecule has 4 aromatic rings. The summed E-state index contributed by atoms with van der Waals surface area (Å²) in [4.78, 5) is 25.2. The van der Waals surface area contributed by atoms with Crippen molar-refractivity contribution < 1.29 is 9.90 Å². The van der Waals surface area contributed by atoms with Gasteiger partial charge in [0.15, 0.2) is 5.82 Å². The van der Waals surface area contributed by atoms with E-state index in [1.165, 1.54) is 0 Å². The second-order valence-corrected chi connectivity index (χ2v) is 6.87. The number of nitrogens with one attached hydrogen (secondary N) is 2. The molecule has 3 N–H and O–H groups in total. The Labute approximate surface area is 167 Å². The summed E-state index contributed by atoms with van der Waals surface area (Å²) in [6.45, 7) is 4.87. The predicted octanol–water partition coefficient (Wildman–Crippen LogP) is 4.75. The zero-order chi connectivity index (χ0) is 20.4. The minimum atomic E-state index is -0.989. The number of aromatic nitrogens is 3. The van der Waals surface area contributed by atoms with Gasteiger partial charge in [-0.05, 0) is 43.2 Å². The minimum Gasteiger partial charge on any atom is -0.478 e. The lowest BCUT2D eigenvalue weighted by Crippen LogP contribution is -2.06. The topological polar surface area (TPSA) is 100 Å². The van der Waals surface area contributed by atoms with Crippen LogP contribution in [0.5, 0.6) is 0 Å². The number of hydrogen-bond donors (Lipinski definition) is 3. The molecule has 0 radical (unpaired) electrons. The van der Waals surface area contributed by atoms with E-state index >= 15 is 0 Å². The molecular weight excluding hydrogens is 366 g/mol. The lowest BCUT2D eigenvalue weighted by molar-refractivity contribution is 0.0697. The number of rotatable bonds is 6. The summed E-state index contributed by atoms with van der Waals surface area (Å²) in [5.41, 5.74) is 3.44. The van der Waals surface area contributed by atoms with Gasteiger partial charge in [-0.1, -0.05) is 25.1 Å². The summed E-state index contributed by atoms with van der Waals surface area (Å²) in [6, 6.07) is 12.9. The molecule has 2 aromatic heterocycles. The van der Waals surface area contributed by atoms with Gasteiger partial charge in [0.25, 0.3) is 0 Å². The van der Waals surface area contributed by atoms with Crippen LogP contribution < -0.4 is 10.6 Å². The smallest absolute Gasteiger partial charge is 0.335 e. The van der Waals surface area contributed by atoms with Gasteiger partial charge in [-0.25, -0.2) is 19.7 Å². The van der Waals surface area contributed by atoms with Crippen LogP contribution in [0, 0.1) is 6.92 Å². The van der Waals surface area contributed by atoms with Crippen LogP contribution in [0.15, 0.2) is 48.7 Å². The van der Waals surface area contributed by atoms with Crippen molar-refractivity contribution in [2.24, 2.45) is 0 Å². The zero-order valence-corrected chi connectivity index (χ0v) is 16.2. The third-order valence-electron chi connectivity index (χ3n) is 4.59. The average molecular weight is 387 g/mol. The normalized spacial score (nSPS) is 11.0. The second-order valence-electron chi connectivity index (χ2n) is 6.87. The van der Waals surface area contributed by atoms with Gasteiger partial charge in [0.1, 0.15) is 5.52 Å². The SMILES string of the molecule is CCCNc1ncc2c(n1)c(Nc1cccc(C)c1)nc1cc(C(=O)O)ccc12. The molecule has 7 heteroatoms. The lowest BCUT2D eigenvalue weighted by atomic mass is 10.1. The fourth-order valence-corrected chi connectivity index (χ4v) is 3.19. The van der Waals surface area contributed by atoms with Crippen molar-refractivity contribution in [3.05, 3.63) is 59.8 Å². The van der Waals surface area contributed by atoms with Crippen LogP contribution >= 0.6 is 0 Å². The highest BCUT2D eigenvalue weighted by Gasteiger charge is 2.14. The number of aryl methyl sites for hydroxylation is 1. The molecule has 0 atom stereocenters. The third-order valence-corrected chi connectivity index (χ3v) is 4.59. The van der Waals surface area contributed by atoms with Gasteiger partial charge >= 0.3 is 5.97 Å². The van der Waals surface area contributed by atoms with Gasteiger partial charge in [-0.2, -0.15) is 0 Å². The molecule has 0 saturated carbocycles. The molecule has 0 unspecified atom stereocenters. The molecule has 2 heterocycles. The first kappa shape index (κ1) is 18.6. The number of carboxylic acids is 1. The number of carboxylic acid groups (broad SMARTS) is 1. The van der Waals surface area contributed by atoms with Crippen molar-refractivity contribution in [2.75, 3.05) is 17.2 Å². The van der Waals surface area contributed by atoms with Crippen molar-refractivity contribution in [1.29, 1.82) is 0 Å². The van der Waals surface area contributed by atoms with Crippen LogP contribution in [0.3, 0.4) is 0 Å². The largest absolute Gasteiger partial charge is 0.478 e. The maximum absolute atomic E-state index is 11.4. The molecule has 0 fully saturated rings. The summed E-state index contributed by atoms with van der Waals surface area (Å²) in [6.07, 6.45) is 2.72. The summed E-state index contributed by atoms with van der Waals surface area (Å²) < 4.78 is 0. The van der Waals surface area contributed by atoms with E-state index in [1.54, 1.807) is 24.4 Å². The quantitative estimate of drug-likeness (QED) is 0.411. The van der Waals surface area contributed by atoms with Gasteiger partial charge in [0.2, 0.25) is 5.95 Å². The van der Waals surface area contributed by atoms with E-state index in [0.717, 1.165) is 35.0 Å². The summed E-state index contributed by atoms with van der Waals surface area (Å²) >= 11 is 0. The van der Waals surface area contributed by atoms with Gasteiger partial charge in [-0.3, -0.25) is 0 Å². The summed E-state index contributed by atoms with van der Waals surface area (Å²) in [7, 11) is 0. The number of anilines is 3. The molecule has 0 saturated heterocycles. The Morgan fingerprint density at radius 1 is 1.10 bits per heavy atom. The highest BCUT2D eigenvalue weighted by Crippen LogP contribution is 2.31. The molecule has 146 valence electrons. The Bertz CT molecular complexity index is 1220. The lowest BCUT2D eigenvalue weighted by Gasteiger charge is -2.13. The first-order valence-electron chi connectivity index (χ1n) is 9.46.